The van der Waals surface area contributed by atoms with Crippen LogP contribution in [0.3, 0.4) is 0 Å². The Morgan fingerprint density at radius 2 is 1.88 bits per heavy atom. The average Bonchev–Trinajstić information content (AvgIpc) is 2.08. The molecule has 1 aromatic rings. The van der Waals surface area contributed by atoms with Gasteiger partial charge in [-0.05, 0) is 17.7 Å². The molecule has 0 fully saturated rings. The minimum atomic E-state index is -3.54. The van der Waals surface area contributed by atoms with E-state index in [0.717, 1.165) is 0 Å². The Bertz CT molecular complexity index is 513. The van der Waals surface area contributed by atoms with Gasteiger partial charge in [0.2, 0.25) is 5.91 Å². The van der Waals surface area contributed by atoms with Gasteiger partial charge in [-0.1, -0.05) is 29.3 Å². The maximum absolute atomic E-state index is 11.4. The zero-order valence-corrected chi connectivity index (χ0v) is 10.4. The highest BCUT2D eigenvalue weighted by Gasteiger charge is 2.15. The lowest BCUT2D eigenvalue weighted by Crippen LogP contribution is -2.24. The van der Waals surface area contributed by atoms with E-state index < -0.39 is 21.5 Å². The number of halogens is 2. The smallest absolute Gasteiger partial charge is 0.232 e. The van der Waals surface area contributed by atoms with E-state index in [4.69, 9.17) is 28.9 Å². The molecular weight excluding hydrogens is 273 g/mol. The zero-order chi connectivity index (χ0) is 12.3. The monoisotopic (exact) mass is 281 g/mol. The number of sulfone groups is 1. The maximum atomic E-state index is 11.4. The first-order valence-electron chi connectivity index (χ1n) is 4.23. The third-order valence-electron chi connectivity index (χ3n) is 1.73. The summed E-state index contributed by atoms with van der Waals surface area (Å²) in [4.78, 5) is 10.5. The van der Waals surface area contributed by atoms with Crippen LogP contribution >= 0.6 is 23.2 Å². The Kier molecular flexibility index (Phi) is 4.18. The molecule has 16 heavy (non-hydrogen) atoms. The summed E-state index contributed by atoms with van der Waals surface area (Å²) in [6.45, 7) is 0. The van der Waals surface area contributed by atoms with Crippen LogP contribution in [0.25, 0.3) is 0 Å². The largest absolute Gasteiger partial charge is 0.369 e. The lowest BCUT2D eigenvalue weighted by atomic mass is 10.2. The van der Waals surface area contributed by atoms with Crippen molar-refractivity contribution in [1.82, 2.24) is 0 Å². The van der Waals surface area contributed by atoms with Crippen LogP contribution in [0.4, 0.5) is 0 Å². The second kappa shape index (κ2) is 5.03. The van der Waals surface area contributed by atoms with Crippen LogP contribution in [-0.4, -0.2) is 20.1 Å². The third kappa shape index (κ3) is 4.00. The summed E-state index contributed by atoms with van der Waals surface area (Å²) in [5.41, 5.74) is 5.29. The van der Waals surface area contributed by atoms with E-state index in [0.29, 0.717) is 10.6 Å². The number of rotatable bonds is 4. The molecule has 0 aliphatic carbocycles. The van der Waals surface area contributed by atoms with Crippen molar-refractivity contribution in [2.45, 2.75) is 5.75 Å². The van der Waals surface area contributed by atoms with Gasteiger partial charge in [0.15, 0.2) is 9.84 Å². The van der Waals surface area contributed by atoms with Gasteiger partial charge in [0.05, 0.1) is 15.8 Å². The SMILES string of the molecule is NC(=O)CS(=O)(=O)Cc1ccc(Cl)c(Cl)c1. The second-order valence-electron chi connectivity index (χ2n) is 3.25. The molecule has 0 saturated carbocycles. The van der Waals surface area contributed by atoms with Crippen LogP contribution in [0.5, 0.6) is 0 Å². The molecule has 0 heterocycles. The van der Waals surface area contributed by atoms with Crippen molar-refractivity contribution >= 4 is 38.9 Å². The lowest BCUT2D eigenvalue weighted by Gasteiger charge is -2.03. The molecule has 0 spiro atoms. The number of amides is 1. The molecule has 1 aromatic carbocycles. The Morgan fingerprint density at radius 1 is 1.25 bits per heavy atom. The Labute approximate surface area is 103 Å². The predicted octanol–water partition coefficient (Wildman–Crippen LogP) is 1.39. The molecule has 0 aliphatic rings. The van der Waals surface area contributed by atoms with Crippen LogP contribution in [0.2, 0.25) is 10.0 Å². The minimum absolute atomic E-state index is 0.272. The van der Waals surface area contributed by atoms with Gasteiger partial charge in [0, 0.05) is 0 Å². The highest BCUT2D eigenvalue weighted by molar-refractivity contribution is 7.91. The van der Waals surface area contributed by atoms with Gasteiger partial charge in [-0.3, -0.25) is 4.79 Å². The van der Waals surface area contributed by atoms with Crippen LogP contribution in [0.1, 0.15) is 5.56 Å². The molecule has 0 atom stereocenters. The standard InChI is InChI=1S/C9H9Cl2NO3S/c10-7-2-1-6(3-8(7)11)4-16(14,15)5-9(12)13/h1-3H,4-5H2,(H2,12,13). The summed E-state index contributed by atoms with van der Waals surface area (Å²) < 4.78 is 22.9. The van der Waals surface area contributed by atoms with E-state index in [1.54, 1.807) is 0 Å². The second-order valence-corrected chi connectivity index (χ2v) is 6.13. The molecule has 0 bridgehead atoms. The first kappa shape index (κ1) is 13.3. The predicted molar refractivity (Wildman–Crippen MR) is 63.1 cm³/mol. The fourth-order valence-electron chi connectivity index (χ4n) is 1.15. The number of hydrogen-bond acceptors (Lipinski definition) is 3. The number of carbonyl (C=O) groups excluding carboxylic acids is 1. The molecule has 0 aliphatic heterocycles. The van der Waals surface area contributed by atoms with Gasteiger partial charge in [-0.2, -0.15) is 0 Å². The Morgan fingerprint density at radius 3 is 2.38 bits per heavy atom. The van der Waals surface area contributed by atoms with Crippen molar-refractivity contribution in [3.63, 3.8) is 0 Å². The van der Waals surface area contributed by atoms with Crippen molar-refractivity contribution in [2.24, 2.45) is 5.73 Å². The number of carbonyl (C=O) groups is 1. The van der Waals surface area contributed by atoms with E-state index in [2.05, 4.69) is 0 Å². The van der Waals surface area contributed by atoms with Crippen molar-refractivity contribution < 1.29 is 13.2 Å². The van der Waals surface area contributed by atoms with Crippen molar-refractivity contribution in [3.8, 4) is 0 Å². The molecule has 4 nitrogen and oxygen atoms in total. The summed E-state index contributed by atoms with van der Waals surface area (Å²) in [6.07, 6.45) is 0. The highest BCUT2D eigenvalue weighted by atomic mass is 35.5. The molecule has 0 aromatic heterocycles. The summed E-state index contributed by atoms with van der Waals surface area (Å²) in [5.74, 6) is -1.83. The van der Waals surface area contributed by atoms with Crippen molar-refractivity contribution in [2.75, 3.05) is 5.75 Å². The van der Waals surface area contributed by atoms with Crippen LogP contribution < -0.4 is 5.73 Å². The summed E-state index contributed by atoms with van der Waals surface area (Å²) in [6, 6.07) is 4.48. The maximum Gasteiger partial charge on any atom is 0.232 e. The molecule has 1 rings (SSSR count). The van der Waals surface area contributed by atoms with Crippen LogP contribution in [0, 0.1) is 0 Å². The fourth-order valence-corrected chi connectivity index (χ4v) is 2.69. The van der Waals surface area contributed by atoms with Crippen molar-refractivity contribution in [1.29, 1.82) is 0 Å². The van der Waals surface area contributed by atoms with E-state index >= 15 is 0 Å². The van der Waals surface area contributed by atoms with Gasteiger partial charge in [-0.25, -0.2) is 8.42 Å². The first-order valence-corrected chi connectivity index (χ1v) is 6.80. The lowest BCUT2D eigenvalue weighted by molar-refractivity contribution is -0.115. The summed E-state index contributed by atoms with van der Waals surface area (Å²) in [7, 11) is -3.54. The van der Waals surface area contributed by atoms with E-state index in [1.165, 1.54) is 18.2 Å². The van der Waals surface area contributed by atoms with Crippen molar-refractivity contribution in [3.05, 3.63) is 33.8 Å². The van der Waals surface area contributed by atoms with Gasteiger partial charge in [0.25, 0.3) is 0 Å². The molecule has 88 valence electrons. The fraction of sp³-hybridized carbons (Fsp3) is 0.222. The zero-order valence-electron chi connectivity index (χ0n) is 8.11. The molecule has 0 saturated heterocycles. The van der Waals surface area contributed by atoms with Gasteiger partial charge >= 0.3 is 0 Å². The minimum Gasteiger partial charge on any atom is -0.369 e. The molecule has 0 unspecified atom stereocenters. The number of hydrogen-bond donors (Lipinski definition) is 1. The molecule has 1 amide bonds. The molecule has 2 N–H and O–H groups in total. The van der Waals surface area contributed by atoms with E-state index in [9.17, 15) is 13.2 Å². The Balaban J connectivity index is 2.88. The summed E-state index contributed by atoms with van der Waals surface area (Å²) in [5, 5.41) is 0.617. The quantitative estimate of drug-likeness (QED) is 0.906. The van der Waals surface area contributed by atoms with Gasteiger partial charge in [-0.15, -0.1) is 0 Å². The number of nitrogens with two attached hydrogens (primary N) is 1. The van der Waals surface area contributed by atoms with Crippen LogP contribution in [-0.2, 0) is 20.4 Å². The first-order chi connectivity index (χ1) is 7.30. The highest BCUT2D eigenvalue weighted by Crippen LogP contribution is 2.23. The number of benzene rings is 1. The summed E-state index contributed by atoms with van der Waals surface area (Å²) >= 11 is 11.4. The van der Waals surface area contributed by atoms with Gasteiger partial charge < -0.3 is 5.73 Å². The average molecular weight is 282 g/mol. The molecule has 7 heteroatoms. The van der Waals surface area contributed by atoms with E-state index in [1.807, 2.05) is 0 Å². The third-order valence-corrected chi connectivity index (χ3v) is 3.97. The number of primary amides is 1. The molecule has 0 radical (unpaired) electrons. The van der Waals surface area contributed by atoms with E-state index in [-0.39, 0.29) is 10.8 Å². The topological polar surface area (TPSA) is 77.2 Å². The van der Waals surface area contributed by atoms with Gasteiger partial charge in [0.1, 0.15) is 5.75 Å². The Hall–Kier alpha value is -0.780. The molecular formula is C9H9Cl2NO3S. The normalized spacial score (nSPS) is 11.4. The van der Waals surface area contributed by atoms with Crippen LogP contribution in [0.15, 0.2) is 18.2 Å².